The largest absolute Gasteiger partial charge is 0.459 e. The number of amides is 1. The van der Waals surface area contributed by atoms with Crippen molar-refractivity contribution in [2.24, 2.45) is 0 Å². The lowest BCUT2D eigenvalue weighted by molar-refractivity contribution is -0.155. The van der Waals surface area contributed by atoms with E-state index in [2.05, 4.69) is 0 Å². The Bertz CT molecular complexity index is 730. The first-order valence-electron chi connectivity index (χ1n) is 9.26. The minimum absolute atomic E-state index is 0.0258. The average Bonchev–Trinajstić information content (AvgIpc) is 3.18. The summed E-state index contributed by atoms with van der Waals surface area (Å²) >= 11 is 0. The molecule has 2 atom stereocenters. The lowest BCUT2D eigenvalue weighted by Gasteiger charge is -2.27. The molecule has 1 fully saturated rings. The van der Waals surface area contributed by atoms with Gasteiger partial charge in [-0.15, -0.1) is 0 Å². The number of hydrogen-bond acceptors (Lipinski definition) is 3. The van der Waals surface area contributed by atoms with E-state index in [4.69, 9.17) is 4.74 Å². The van der Waals surface area contributed by atoms with Gasteiger partial charge in [-0.05, 0) is 30.4 Å². The summed E-state index contributed by atoms with van der Waals surface area (Å²) in [6, 6.07) is 18.9. The zero-order valence-corrected chi connectivity index (χ0v) is 15.1. The molecule has 0 aliphatic carbocycles. The Hall–Kier alpha value is -2.62. The maximum atomic E-state index is 13.1. The number of nitrogens with zero attached hydrogens (tertiary/aromatic N) is 1. The van der Waals surface area contributed by atoms with Crippen LogP contribution in [0.2, 0.25) is 0 Å². The van der Waals surface area contributed by atoms with Crippen LogP contribution < -0.4 is 0 Å². The molecule has 1 aliphatic heterocycles. The van der Waals surface area contributed by atoms with E-state index in [1.807, 2.05) is 67.6 Å². The molecule has 0 unspecified atom stereocenters. The van der Waals surface area contributed by atoms with Crippen LogP contribution in [-0.2, 0) is 20.9 Å². The first-order chi connectivity index (χ1) is 12.7. The molecular formula is C22H25NO3. The standard InChI is InChI=1S/C22H25NO3/c1-2-19(18-12-7-4-8-13-18)21(24)23-15-9-14-20(23)22(25)26-16-17-10-5-3-6-11-17/h3-8,10-13,19-20H,2,9,14-16H2,1H3/t19-,20-/m0/s1. The highest BCUT2D eigenvalue weighted by molar-refractivity contribution is 5.89. The van der Waals surface area contributed by atoms with Gasteiger partial charge < -0.3 is 9.64 Å². The molecule has 4 heteroatoms. The van der Waals surface area contributed by atoms with Crippen LogP contribution in [0, 0.1) is 0 Å². The Morgan fingerprint density at radius 3 is 2.38 bits per heavy atom. The number of likely N-dealkylation sites (tertiary alicyclic amines) is 1. The SMILES string of the molecule is CC[C@H](C(=O)N1CCC[C@H]1C(=O)OCc1ccccc1)c1ccccc1. The fourth-order valence-corrected chi connectivity index (χ4v) is 3.54. The molecule has 0 aromatic heterocycles. The molecule has 0 bridgehead atoms. The summed E-state index contributed by atoms with van der Waals surface area (Å²) in [5, 5.41) is 0. The van der Waals surface area contributed by atoms with Crippen molar-refractivity contribution in [3.8, 4) is 0 Å². The van der Waals surface area contributed by atoms with Crippen LogP contribution >= 0.6 is 0 Å². The molecule has 2 aromatic carbocycles. The summed E-state index contributed by atoms with van der Waals surface area (Å²) in [6.07, 6.45) is 2.22. The zero-order valence-electron chi connectivity index (χ0n) is 15.1. The van der Waals surface area contributed by atoms with E-state index < -0.39 is 6.04 Å². The van der Waals surface area contributed by atoms with Crippen LogP contribution in [0.1, 0.15) is 43.2 Å². The van der Waals surface area contributed by atoms with Crippen LogP contribution in [0.15, 0.2) is 60.7 Å². The van der Waals surface area contributed by atoms with Gasteiger partial charge in [-0.25, -0.2) is 4.79 Å². The van der Waals surface area contributed by atoms with Crippen molar-refractivity contribution < 1.29 is 14.3 Å². The van der Waals surface area contributed by atoms with E-state index in [1.54, 1.807) is 4.90 Å². The second kappa shape index (κ2) is 8.65. The minimum atomic E-state index is -0.469. The fraction of sp³-hybridized carbons (Fsp3) is 0.364. The van der Waals surface area contributed by atoms with Crippen molar-refractivity contribution in [2.45, 2.75) is 44.8 Å². The third-order valence-corrected chi connectivity index (χ3v) is 4.94. The van der Waals surface area contributed by atoms with E-state index >= 15 is 0 Å². The van der Waals surface area contributed by atoms with Crippen LogP contribution in [-0.4, -0.2) is 29.4 Å². The Labute approximate surface area is 154 Å². The van der Waals surface area contributed by atoms with E-state index in [9.17, 15) is 9.59 Å². The molecule has 0 N–H and O–H groups in total. The summed E-state index contributed by atoms with van der Waals surface area (Å²) in [6.45, 7) is 2.87. The summed E-state index contributed by atoms with van der Waals surface area (Å²) in [5.41, 5.74) is 1.95. The quantitative estimate of drug-likeness (QED) is 0.741. The van der Waals surface area contributed by atoms with E-state index in [-0.39, 0.29) is 24.4 Å². The van der Waals surface area contributed by atoms with Gasteiger partial charge in [0.05, 0.1) is 5.92 Å². The van der Waals surface area contributed by atoms with Crippen molar-refractivity contribution in [1.29, 1.82) is 0 Å². The van der Waals surface area contributed by atoms with Crippen molar-refractivity contribution in [2.75, 3.05) is 6.54 Å². The smallest absolute Gasteiger partial charge is 0.329 e. The summed E-state index contributed by atoms with van der Waals surface area (Å²) in [5.74, 6) is -0.487. The van der Waals surface area contributed by atoms with E-state index in [0.29, 0.717) is 19.4 Å². The molecule has 26 heavy (non-hydrogen) atoms. The normalized spacial score (nSPS) is 17.7. The monoisotopic (exact) mass is 351 g/mol. The first kappa shape index (κ1) is 18.2. The number of ether oxygens (including phenoxy) is 1. The maximum Gasteiger partial charge on any atom is 0.329 e. The Morgan fingerprint density at radius 1 is 1.08 bits per heavy atom. The average molecular weight is 351 g/mol. The van der Waals surface area contributed by atoms with Crippen LogP contribution in [0.5, 0.6) is 0 Å². The molecule has 1 amide bonds. The van der Waals surface area contributed by atoms with Gasteiger partial charge in [0, 0.05) is 6.54 Å². The van der Waals surface area contributed by atoms with Gasteiger partial charge in [0.1, 0.15) is 12.6 Å². The number of carbonyl (C=O) groups excluding carboxylic acids is 2. The molecule has 136 valence electrons. The van der Waals surface area contributed by atoms with Crippen molar-refractivity contribution in [3.63, 3.8) is 0 Å². The fourth-order valence-electron chi connectivity index (χ4n) is 3.54. The molecule has 0 spiro atoms. The summed E-state index contributed by atoms with van der Waals surface area (Å²) < 4.78 is 5.48. The second-order valence-electron chi connectivity index (χ2n) is 6.65. The summed E-state index contributed by atoms with van der Waals surface area (Å²) in [7, 11) is 0. The first-order valence-corrected chi connectivity index (χ1v) is 9.26. The van der Waals surface area contributed by atoms with Gasteiger partial charge in [0.25, 0.3) is 0 Å². The van der Waals surface area contributed by atoms with E-state index in [1.165, 1.54) is 0 Å². The van der Waals surface area contributed by atoms with Gasteiger partial charge in [-0.3, -0.25) is 4.79 Å². The minimum Gasteiger partial charge on any atom is -0.459 e. The molecule has 1 saturated heterocycles. The second-order valence-corrected chi connectivity index (χ2v) is 6.65. The lowest BCUT2D eigenvalue weighted by Crippen LogP contribution is -2.43. The van der Waals surface area contributed by atoms with Crippen LogP contribution in [0.4, 0.5) is 0 Å². The Kier molecular flexibility index (Phi) is 6.05. The third-order valence-electron chi connectivity index (χ3n) is 4.94. The lowest BCUT2D eigenvalue weighted by atomic mass is 9.95. The maximum absolute atomic E-state index is 13.1. The number of benzene rings is 2. The van der Waals surface area contributed by atoms with Gasteiger partial charge >= 0.3 is 5.97 Å². The molecule has 1 heterocycles. The van der Waals surface area contributed by atoms with Gasteiger partial charge in [-0.1, -0.05) is 67.6 Å². The molecule has 0 radical (unpaired) electrons. The number of esters is 1. The number of hydrogen-bond donors (Lipinski definition) is 0. The third kappa shape index (κ3) is 4.13. The van der Waals surface area contributed by atoms with Crippen molar-refractivity contribution in [1.82, 2.24) is 4.90 Å². The van der Waals surface area contributed by atoms with Crippen molar-refractivity contribution in [3.05, 3.63) is 71.8 Å². The highest BCUT2D eigenvalue weighted by atomic mass is 16.5. The molecule has 4 nitrogen and oxygen atoms in total. The number of rotatable bonds is 6. The molecule has 2 aromatic rings. The Balaban J connectivity index is 1.66. The highest BCUT2D eigenvalue weighted by Crippen LogP contribution is 2.27. The predicted molar refractivity (Wildman–Crippen MR) is 100 cm³/mol. The van der Waals surface area contributed by atoms with Crippen molar-refractivity contribution >= 4 is 11.9 Å². The van der Waals surface area contributed by atoms with Gasteiger partial charge in [0.15, 0.2) is 0 Å². The molecule has 3 rings (SSSR count). The highest BCUT2D eigenvalue weighted by Gasteiger charge is 2.37. The predicted octanol–water partition coefficient (Wildman–Crippen LogP) is 3.91. The van der Waals surface area contributed by atoms with Gasteiger partial charge in [0.2, 0.25) is 5.91 Å². The van der Waals surface area contributed by atoms with Gasteiger partial charge in [-0.2, -0.15) is 0 Å². The van der Waals surface area contributed by atoms with Crippen LogP contribution in [0.3, 0.4) is 0 Å². The Morgan fingerprint density at radius 2 is 1.73 bits per heavy atom. The van der Waals surface area contributed by atoms with E-state index in [0.717, 1.165) is 17.5 Å². The molecule has 1 aliphatic rings. The molecular weight excluding hydrogens is 326 g/mol. The zero-order chi connectivity index (χ0) is 18.4. The topological polar surface area (TPSA) is 46.6 Å². The number of carbonyl (C=O) groups is 2. The van der Waals surface area contributed by atoms with Crippen LogP contribution in [0.25, 0.3) is 0 Å². The molecule has 0 saturated carbocycles. The summed E-state index contributed by atoms with van der Waals surface area (Å²) in [4.78, 5) is 27.4.